The summed E-state index contributed by atoms with van der Waals surface area (Å²) in [6.07, 6.45) is 8.98. The van der Waals surface area contributed by atoms with E-state index in [1.165, 1.54) is 6.42 Å². The van der Waals surface area contributed by atoms with Gasteiger partial charge in [0.2, 0.25) is 5.91 Å². The van der Waals surface area contributed by atoms with Crippen LogP contribution in [0.2, 0.25) is 0 Å². The molecule has 4 heterocycles. The van der Waals surface area contributed by atoms with Crippen LogP contribution in [-0.2, 0) is 11.8 Å². The normalized spacial score (nSPS) is 20.7. The van der Waals surface area contributed by atoms with Crippen molar-refractivity contribution in [1.82, 2.24) is 24.6 Å². The zero-order chi connectivity index (χ0) is 20.4. The third kappa shape index (κ3) is 4.18. The fourth-order valence-corrected chi connectivity index (χ4v) is 4.52. The summed E-state index contributed by atoms with van der Waals surface area (Å²) in [5, 5.41) is 4.49. The van der Waals surface area contributed by atoms with E-state index in [9.17, 15) is 9.59 Å². The zero-order valence-electron chi connectivity index (χ0n) is 17.3. The molecule has 0 saturated carbocycles. The van der Waals surface area contributed by atoms with Crippen LogP contribution < -0.4 is 0 Å². The smallest absolute Gasteiger partial charge is 0.257 e. The Morgan fingerprint density at radius 3 is 2.45 bits per heavy atom. The Morgan fingerprint density at radius 2 is 1.76 bits per heavy atom. The number of nitrogens with zero attached hydrogens (tertiary/aromatic N) is 5. The van der Waals surface area contributed by atoms with Crippen molar-refractivity contribution in [2.45, 2.75) is 32.6 Å². The van der Waals surface area contributed by atoms with Gasteiger partial charge < -0.3 is 9.80 Å². The van der Waals surface area contributed by atoms with Gasteiger partial charge in [0.15, 0.2) is 0 Å². The maximum Gasteiger partial charge on any atom is 0.257 e. The van der Waals surface area contributed by atoms with Crippen molar-refractivity contribution >= 4 is 11.8 Å². The van der Waals surface area contributed by atoms with Gasteiger partial charge in [0.1, 0.15) is 5.69 Å². The maximum absolute atomic E-state index is 13.2. The van der Waals surface area contributed by atoms with Crippen LogP contribution in [0.1, 0.15) is 43.0 Å². The number of rotatable bonds is 3. The van der Waals surface area contributed by atoms with Gasteiger partial charge in [-0.2, -0.15) is 5.10 Å². The molecular formula is C22H29N5O2. The van der Waals surface area contributed by atoms with Gasteiger partial charge in [0.25, 0.3) is 5.91 Å². The number of hydrogen-bond acceptors (Lipinski definition) is 4. The van der Waals surface area contributed by atoms with Gasteiger partial charge in [0, 0.05) is 63.3 Å². The zero-order valence-corrected chi connectivity index (χ0v) is 17.3. The number of aryl methyl sites for hydroxylation is 1. The average molecular weight is 396 g/mol. The minimum atomic E-state index is -0.0117. The molecule has 0 spiro atoms. The molecule has 2 aromatic rings. The number of carbonyl (C=O) groups is 2. The summed E-state index contributed by atoms with van der Waals surface area (Å²) in [5.74, 6) is 0.898. The first-order valence-electron chi connectivity index (χ1n) is 10.5. The van der Waals surface area contributed by atoms with Crippen molar-refractivity contribution in [2.24, 2.45) is 18.9 Å². The van der Waals surface area contributed by atoms with E-state index in [1.54, 1.807) is 23.3 Å². The summed E-state index contributed by atoms with van der Waals surface area (Å²) in [6.45, 7) is 5.21. The molecule has 2 aliphatic heterocycles. The molecule has 2 aliphatic rings. The number of amides is 2. The molecular weight excluding hydrogens is 366 g/mol. The molecule has 1 atom stereocenters. The highest BCUT2D eigenvalue weighted by Crippen LogP contribution is 2.27. The van der Waals surface area contributed by atoms with Gasteiger partial charge in [-0.15, -0.1) is 0 Å². The molecule has 29 heavy (non-hydrogen) atoms. The molecule has 7 heteroatoms. The summed E-state index contributed by atoms with van der Waals surface area (Å²) in [7, 11) is 1.83. The highest BCUT2D eigenvalue weighted by atomic mass is 16.2. The second kappa shape index (κ2) is 8.35. The van der Waals surface area contributed by atoms with Crippen LogP contribution >= 0.6 is 0 Å². The van der Waals surface area contributed by atoms with Gasteiger partial charge in [-0.05, 0) is 43.7 Å². The van der Waals surface area contributed by atoms with Crippen molar-refractivity contribution < 1.29 is 9.59 Å². The summed E-state index contributed by atoms with van der Waals surface area (Å²) in [6, 6.07) is 3.73. The number of piperidine rings is 2. The minimum Gasteiger partial charge on any atom is -0.342 e. The quantitative estimate of drug-likeness (QED) is 0.801. The van der Waals surface area contributed by atoms with Gasteiger partial charge in [-0.25, -0.2) is 0 Å². The lowest BCUT2D eigenvalue weighted by Crippen LogP contribution is -2.47. The number of hydrogen-bond donors (Lipinski definition) is 0. The molecule has 0 bridgehead atoms. The Morgan fingerprint density at radius 1 is 1.03 bits per heavy atom. The van der Waals surface area contributed by atoms with Gasteiger partial charge >= 0.3 is 0 Å². The summed E-state index contributed by atoms with van der Waals surface area (Å²) in [5.41, 5.74) is 2.17. The van der Waals surface area contributed by atoms with E-state index in [0.717, 1.165) is 37.9 Å². The number of likely N-dealkylation sites (tertiary alicyclic amines) is 2. The van der Waals surface area contributed by atoms with Gasteiger partial charge in [-0.3, -0.25) is 19.3 Å². The Labute approximate surface area is 171 Å². The Kier molecular flexibility index (Phi) is 5.65. The number of carbonyl (C=O) groups excluding carboxylic acids is 2. The Balaban J connectivity index is 1.42. The standard InChI is InChI=1S/C22H29N5O2/c1-16-4-3-11-27(14-16)21(28)18-7-12-26(13-8-18)22(29)19-15-25(2)24-20(19)17-5-9-23-10-6-17/h5-6,9-10,15-16,18H,3-4,7-8,11-14H2,1-2H3. The SMILES string of the molecule is CC1CCCN(C(=O)C2CCN(C(=O)c3cn(C)nc3-c3ccncc3)CC2)C1. The van der Waals surface area contributed by atoms with E-state index in [2.05, 4.69) is 17.0 Å². The largest absolute Gasteiger partial charge is 0.342 e. The van der Waals surface area contributed by atoms with Crippen LogP contribution in [0.15, 0.2) is 30.7 Å². The first kappa shape index (κ1) is 19.6. The topological polar surface area (TPSA) is 71.3 Å². The van der Waals surface area contributed by atoms with Crippen molar-refractivity contribution in [3.63, 3.8) is 0 Å². The Bertz CT molecular complexity index is 871. The molecule has 1 unspecified atom stereocenters. The van der Waals surface area contributed by atoms with Crippen molar-refractivity contribution in [3.8, 4) is 11.3 Å². The van der Waals surface area contributed by atoms with Crippen molar-refractivity contribution in [1.29, 1.82) is 0 Å². The van der Waals surface area contributed by atoms with E-state index in [1.807, 2.05) is 29.0 Å². The second-order valence-corrected chi connectivity index (χ2v) is 8.40. The fourth-order valence-electron chi connectivity index (χ4n) is 4.52. The molecule has 0 radical (unpaired) electrons. The number of pyridine rings is 1. The lowest BCUT2D eigenvalue weighted by atomic mass is 9.92. The first-order chi connectivity index (χ1) is 14.0. The van der Waals surface area contributed by atoms with Crippen LogP contribution in [0.4, 0.5) is 0 Å². The van der Waals surface area contributed by atoms with Crippen molar-refractivity contribution in [2.75, 3.05) is 26.2 Å². The van der Waals surface area contributed by atoms with Crippen LogP contribution in [0.25, 0.3) is 11.3 Å². The van der Waals surface area contributed by atoms with E-state index in [-0.39, 0.29) is 17.7 Å². The highest BCUT2D eigenvalue weighted by molar-refractivity contribution is 6.00. The van der Waals surface area contributed by atoms with Crippen LogP contribution in [0, 0.1) is 11.8 Å². The van der Waals surface area contributed by atoms with E-state index in [4.69, 9.17) is 0 Å². The molecule has 2 fully saturated rings. The van der Waals surface area contributed by atoms with Gasteiger partial charge in [0.05, 0.1) is 5.56 Å². The molecule has 2 amide bonds. The molecule has 154 valence electrons. The first-order valence-corrected chi connectivity index (χ1v) is 10.5. The average Bonchev–Trinajstić information content (AvgIpc) is 3.15. The maximum atomic E-state index is 13.2. The third-order valence-electron chi connectivity index (χ3n) is 6.11. The molecule has 2 saturated heterocycles. The van der Waals surface area contributed by atoms with E-state index < -0.39 is 0 Å². The molecule has 0 aliphatic carbocycles. The van der Waals surface area contributed by atoms with Crippen molar-refractivity contribution in [3.05, 3.63) is 36.3 Å². The monoisotopic (exact) mass is 395 g/mol. The van der Waals surface area contributed by atoms with Crippen LogP contribution in [0.5, 0.6) is 0 Å². The lowest BCUT2D eigenvalue weighted by molar-refractivity contribution is -0.138. The third-order valence-corrected chi connectivity index (χ3v) is 6.11. The van der Waals surface area contributed by atoms with Gasteiger partial charge in [-0.1, -0.05) is 6.92 Å². The molecule has 0 aromatic carbocycles. The Hall–Kier alpha value is -2.70. The molecule has 4 rings (SSSR count). The predicted octanol–water partition coefficient (Wildman–Crippen LogP) is 2.59. The summed E-state index contributed by atoms with van der Waals surface area (Å²) < 4.78 is 1.68. The predicted molar refractivity (Wildman–Crippen MR) is 110 cm³/mol. The van der Waals surface area contributed by atoms with E-state index >= 15 is 0 Å². The highest BCUT2D eigenvalue weighted by Gasteiger charge is 2.33. The van der Waals surface area contributed by atoms with Crippen LogP contribution in [-0.4, -0.2) is 62.6 Å². The van der Waals surface area contributed by atoms with Crippen LogP contribution in [0.3, 0.4) is 0 Å². The molecule has 0 N–H and O–H groups in total. The summed E-state index contributed by atoms with van der Waals surface area (Å²) >= 11 is 0. The number of aromatic nitrogens is 3. The second-order valence-electron chi connectivity index (χ2n) is 8.40. The van der Waals surface area contributed by atoms with E-state index in [0.29, 0.717) is 30.3 Å². The minimum absolute atomic E-state index is 0.0117. The summed E-state index contributed by atoms with van der Waals surface area (Å²) in [4.78, 5) is 34.0. The molecule has 2 aromatic heterocycles. The lowest BCUT2D eigenvalue weighted by Gasteiger charge is -2.37. The molecule has 7 nitrogen and oxygen atoms in total. The fraction of sp³-hybridized carbons (Fsp3) is 0.545.